The number of nitrogens with one attached hydrogen (secondary N) is 1. The predicted molar refractivity (Wildman–Crippen MR) is 117 cm³/mol. The van der Waals surface area contributed by atoms with E-state index in [9.17, 15) is 27.6 Å². The molecule has 10 heteroatoms. The lowest BCUT2D eigenvalue weighted by atomic mass is 10.1. The molecule has 1 atom stereocenters. The van der Waals surface area contributed by atoms with Gasteiger partial charge in [0.05, 0.1) is 29.2 Å². The Morgan fingerprint density at radius 3 is 2.61 bits per heavy atom. The number of hydrogen-bond donors (Lipinski definition) is 1. The van der Waals surface area contributed by atoms with Crippen LogP contribution in [0.4, 0.5) is 18.9 Å². The number of rotatable bonds is 4. The van der Waals surface area contributed by atoms with E-state index in [1.165, 1.54) is 35.9 Å². The number of fused-ring (bicyclic) bond motifs is 1. The van der Waals surface area contributed by atoms with Crippen molar-refractivity contribution in [1.82, 2.24) is 9.47 Å². The molecule has 1 N–H and O–H groups in total. The first-order valence-electron chi connectivity index (χ1n) is 10.1. The molecular weight excluding hydrogens is 459 g/mol. The van der Waals surface area contributed by atoms with Crippen molar-refractivity contribution >= 4 is 45.9 Å². The Morgan fingerprint density at radius 2 is 1.88 bits per heavy atom. The molecule has 0 radical (unpaired) electrons. The molecule has 1 aliphatic heterocycles. The molecular formula is C23H19ClF3N3O3. The smallest absolute Gasteiger partial charge is 0.267 e. The van der Waals surface area contributed by atoms with Crippen LogP contribution in [0.5, 0.6) is 0 Å². The van der Waals surface area contributed by atoms with E-state index in [4.69, 9.17) is 11.6 Å². The van der Waals surface area contributed by atoms with E-state index in [-0.39, 0.29) is 22.2 Å². The van der Waals surface area contributed by atoms with Crippen LogP contribution in [0.3, 0.4) is 0 Å². The van der Waals surface area contributed by atoms with Crippen molar-refractivity contribution in [3.63, 3.8) is 0 Å². The number of alkyl halides is 2. The van der Waals surface area contributed by atoms with E-state index in [0.29, 0.717) is 10.9 Å². The van der Waals surface area contributed by atoms with Gasteiger partial charge in [0.15, 0.2) is 0 Å². The summed E-state index contributed by atoms with van der Waals surface area (Å²) in [6, 6.07) is 9.42. The Labute approximate surface area is 191 Å². The molecule has 2 heterocycles. The second kappa shape index (κ2) is 8.55. The van der Waals surface area contributed by atoms with Crippen LogP contribution in [0.25, 0.3) is 10.9 Å². The molecule has 172 valence electrons. The highest BCUT2D eigenvalue weighted by Crippen LogP contribution is 2.34. The van der Waals surface area contributed by atoms with Crippen molar-refractivity contribution in [2.75, 3.05) is 11.9 Å². The maximum absolute atomic E-state index is 14.2. The minimum Gasteiger partial charge on any atom is -0.324 e. The number of para-hydroxylation sites is 1. The van der Waals surface area contributed by atoms with Crippen LogP contribution >= 0.6 is 11.6 Å². The van der Waals surface area contributed by atoms with E-state index >= 15 is 0 Å². The summed E-state index contributed by atoms with van der Waals surface area (Å²) in [7, 11) is 0. The summed E-state index contributed by atoms with van der Waals surface area (Å²) < 4.78 is 44.0. The normalized spacial score (nSPS) is 17.4. The fourth-order valence-electron chi connectivity index (χ4n) is 4.02. The summed E-state index contributed by atoms with van der Waals surface area (Å²) in [4.78, 5) is 38.5. The molecule has 0 spiro atoms. The lowest BCUT2D eigenvalue weighted by Crippen LogP contribution is -2.44. The van der Waals surface area contributed by atoms with Gasteiger partial charge in [-0.05, 0) is 17.7 Å². The van der Waals surface area contributed by atoms with Crippen LogP contribution in [-0.4, -0.2) is 45.7 Å². The SMILES string of the molecule is CC(=O)n1cc(NC(=O)C2CC(F)(F)CN2C(=O)Cc2cccc(Cl)c2F)c2ccccc21. The quantitative estimate of drug-likeness (QED) is 0.601. The van der Waals surface area contributed by atoms with Gasteiger partial charge in [-0.3, -0.25) is 19.0 Å². The minimum atomic E-state index is -3.28. The number of benzene rings is 2. The van der Waals surface area contributed by atoms with Crippen molar-refractivity contribution in [2.24, 2.45) is 0 Å². The van der Waals surface area contributed by atoms with Crippen LogP contribution in [0.15, 0.2) is 48.7 Å². The molecule has 1 fully saturated rings. The molecule has 33 heavy (non-hydrogen) atoms. The Morgan fingerprint density at radius 1 is 1.15 bits per heavy atom. The molecule has 4 rings (SSSR count). The molecule has 0 aliphatic carbocycles. The van der Waals surface area contributed by atoms with Crippen molar-refractivity contribution in [2.45, 2.75) is 31.7 Å². The van der Waals surface area contributed by atoms with Gasteiger partial charge in [0, 0.05) is 24.9 Å². The van der Waals surface area contributed by atoms with Gasteiger partial charge in [0.25, 0.3) is 5.92 Å². The number of nitrogens with zero attached hydrogens (tertiary/aromatic N) is 2. The molecule has 6 nitrogen and oxygen atoms in total. The van der Waals surface area contributed by atoms with Gasteiger partial charge in [-0.15, -0.1) is 0 Å². The highest BCUT2D eigenvalue weighted by molar-refractivity contribution is 6.30. The van der Waals surface area contributed by atoms with Crippen LogP contribution < -0.4 is 5.32 Å². The fourth-order valence-corrected chi connectivity index (χ4v) is 4.21. The first-order valence-corrected chi connectivity index (χ1v) is 10.5. The predicted octanol–water partition coefficient (Wildman–Crippen LogP) is 4.51. The molecule has 1 saturated heterocycles. The number of hydrogen-bond acceptors (Lipinski definition) is 3. The first kappa shape index (κ1) is 22.8. The summed E-state index contributed by atoms with van der Waals surface area (Å²) in [5, 5.41) is 2.93. The number of aromatic nitrogens is 1. The molecule has 1 unspecified atom stereocenters. The highest BCUT2D eigenvalue weighted by atomic mass is 35.5. The Bertz CT molecular complexity index is 1270. The van der Waals surface area contributed by atoms with Crippen LogP contribution in [0, 0.1) is 5.82 Å². The van der Waals surface area contributed by atoms with Gasteiger partial charge in [0.1, 0.15) is 11.9 Å². The van der Waals surface area contributed by atoms with E-state index in [1.54, 1.807) is 24.3 Å². The van der Waals surface area contributed by atoms with Crippen molar-refractivity contribution in [3.8, 4) is 0 Å². The van der Waals surface area contributed by atoms with Crippen LogP contribution in [0.2, 0.25) is 5.02 Å². The largest absolute Gasteiger partial charge is 0.324 e. The number of carbonyl (C=O) groups is 3. The van der Waals surface area contributed by atoms with Crippen molar-refractivity contribution in [3.05, 3.63) is 65.1 Å². The zero-order valence-electron chi connectivity index (χ0n) is 17.4. The minimum absolute atomic E-state index is 0.0496. The van der Waals surface area contributed by atoms with Gasteiger partial charge < -0.3 is 10.2 Å². The summed E-state index contributed by atoms with van der Waals surface area (Å²) in [6.07, 6.45) is 0.0232. The number of halogens is 4. The average molecular weight is 478 g/mol. The lowest BCUT2D eigenvalue weighted by Gasteiger charge is -2.23. The topological polar surface area (TPSA) is 71.4 Å². The lowest BCUT2D eigenvalue weighted by molar-refractivity contribution is -0.136. The van der Waals surface area contributed by atoms with Crippen LogP contribution in [-0.2, 0) is 16.0 Å². The van der Waals surface area contributed by atoms with Crippen molar-refractivity contribution < 1.29 is 27.6 Å². The zero-order valence-corrected chi connectivity index (χ0v) is 18.2. The van der Waals surface area contributed by atoms with Crippen molar-refractivity contribution in [1.29, 1.82) is 0 Å². The van der Waals surface area contributed by atoms with Gasteiger partial charge in [-0.1, -0.05) is 41.9 Å². The molecule has 0 bridgehead atoms. The standard InChI is InChI=1S/C23H19ClF3N3O3/c1-13(31)29-11-17(15-6-2-3-8-18(15)29)28-22(33)19-10-23(26,27)12-30(19)20(32)9-14-5-4-7-16(24)21(14)25/h2-8,11,19H,9-10,12H2,1H3,(H,28,33). The molecule has 1 aromatic heterocycles. The summed E-state index contributed by atoms with van der Waals surface area (Å²) >= 11 is 5.73. The third-order valence-electron chi connectivity index (χ3n) is 5.58. The Kier molecular flexibility index (Phi) is 5.92. The fraction of sp³-hybridized carbons (Fsp3) is 0.261. The number of amides is 2. The number of carbonyl (C=O) groups excluding carboxylic acids is 3. The molecule has 1 aliphatic rings. The van der Waals surface area contributed by atoms with E-state index < -0.39 is 49.0 Å². The van der Waals surface area contributed by atoms with Gasteiger partial charge in [-0.2, -0.15) is 0 Å². The molecule has 2 aromatic carbocycles. The zero-order chi connectivity index (χ0) is 23.9. The van der Waals surface area contributed by atoms with E-state index in [1.807, 2.05) is 0 Å². The molecule has 2 amide bonds. The molecule has 0 saturated carbocycles. The Balaban J connectivity index is 1.60. The maximum atomic E-state index is 14.2. The highest BCUT2D eigenvalue weighted by Gasteiger charge is 2.50. The number of likely N-dealkylation sites (tertiary alicyclic amines) is 1. The third kappa shape index (κ3) is 4.45. The summed E-state index contributed by atoms with van der Waals surface area (Å²) in [6.45, 7) is 0.395. The average Bonchev–Trinajstić information content (AvgIpc) is 3.29. The summed E-state index contributed by atoms with van der Waals surface area (Å²) in [5.41, 5.74) is 0.752. The van der Waals surface area contributed by atoms with Crippen LogP contribution in [0.1, 0.15) is 23.7 Å². The molecule has 3 aromatic rings. The second-order valence-corrected chi connectivity index (χ2v) is 8.33. The van der Waals surface area contributed by atoms with Gasteiger partial charge >= 0.3 is 0 Å². The maximum Gasteiger partial charge on any atom is 0.267 e. The first-order chi connectivity index (χ1) is 15.6. The Hall–Kier alpha value is -3.33. The third-order valence-corrected chi connectivity index (χ3v) is 5.87. The van der Waals surface area contributed by atoms with E-state index in [0.717, 1.165) is 4.90 Å². The van der Waals surface area contributed by atoms with Gasteiger partial charge in [0.2, 0.25) is 17.7 Å². The monoisotopic (exact) mass is 477 g/mol. The second-order valence-electron chi connectivity index (χ2n) is 7.93. The van der Waals surface area contributed by atoms with E-state index in [2.05, 4.69) is 5.32 Å². The van der Waals surface area contributed by atoms with Gasteiger partial charge in [-0.25, -0.2) is 13.2 Å². The number of anilines is 1. The summed E-state index contributed by atoms with van der Waals surface area (Å²) in [5.74, 6) is -6.02.